The Morgan fingerprint density at radius 2 is 2.33 bits per heavy atom. The average molecular weight is 409 g/mol. The van der Waals surface area contributed by atoms with Gasteiger partial charge in [-0.3, -0.25) is 4.90 Å². The Morgan fingerprint density at radius 1 is 1.48 bits per heavy atom. The average Bonchev–Trinajstić information content (AvgIpc) is 3.01. The number of methoxy groups -OCH3 is 1. The second kappa shape index (κ2) is 7.68. The quantitative estimate of drug-likeness (QED) is 0.834. The second-order valence-corrected chi connectivity index (χ2v) is 8.98. The van der Waals surface area contributed by atoms with E-state index in [1.54, 1.807) is 18.4 Å². The number of hydrogen-bond donors (Lipinski definition) is 1. The number of likely N-dealkylation sites (tertiary alicyclic amines) is 1. The van der Waals surface area contributed by atoms with Crippen molar-refractivity contribution in [2.24, 2.45) is 0 Å². The van der Waals surface area contributed by atoms with Crippen LogP contribution in [-0.4, -0.2) is 41.3 Å². The normalized spacial score (nSPS) is 25.6. The minimum atomic E-state index is -0.271. The molecular weight excluding hydrogens is 384 g/mol. The van der Waals surface area contributed by atoms with Crippen molar-refractivity contribution in [2.45, 2.75) is 51.0 Å². The monoisotopic (exact) mass is 408 g/mol. The van der Waals surface area contributed by atoms with Crippen molar-refractivity contribution in [1.82, 2.24) is 9.88 Å². The molecule has 0 aliphatic carbocycles. The molecule has 4 heterocycles. The van der Waals surface area contributed by atoms with Gasteiger partial charge in [0, 0.05) is 35.6 Å². The first-order valence-electron chi connectivity index (χ1n) is 9.35. The fraction of sp³-hybridized carbons (Fsp3) is 0.550. The number of hydrogen-bond acceptors (Lipinski definition) is 6. The summed E-state index contributed by atoms with van der Waals surface area (Å²) in [6.45, 7) is 4.68. The van der Waals surface area contributed by atoms with Gasteiger partial charge in [0.25, 0.3) is 0 Å². The van der Waals surface area contributed by atoms with Crippen molar-refractivity contribution in [3.8, 4) is 5.88 Å². The second-order valence-electron chi connectivity index (χ2n) is 7.36. The van der Waals surface area contributed by atoms with Crippen LogP contribution in [0.2, 0.25) is 4.34 Å². The lowest BCUT2D eigenvalue weighted by Crippen LogP contribution is -2.50. The number of aromatic nitrogens is 1. The van der Waals surface area contributed by atoms with Crippen LogP contribution >= 0.6 is 22.9 Å². The molecule has 1 spiro atoms. The molecule has 2 aliphatic heterocycles. The maximum atomic E-state index is 9.71. The smallest absolute Gasteiger partial charge is 0.213 e. The maximum absolute atomic E-state index is 9.71. The van der Waals surface area contributed by atoms with E-state index in [-0.39, 0.29) is 12.2 Å². The van der Waals surface area contributed by atoms with E-state index in [0.29, 0.717) is 22.9 Å². The lowest BCUT2D eigenvalue weighted by molar-refractivity contribution is -0.110. The van der Waals surface area contributed by atoms with E-state index in [0.717, 1.165) is 43.6 Å². The molecule has 2 aromatic rings. The number of aliphatic hydroxyl groups is 1. The molecule has 1 fully saturated rings. The van der Waals surface area contributed by atoms with E-state index in [9.17, 15) is 5.11 Å². The molecule has 146 valence electrons. The van der Waals surface area contributed by atoms with E-state index < -0.39 is 0 Å². The third-order valence-corrected chi connectivity index (χ3v) is 7.48. The van der Waals surface area contributed by atoms with Crippen LogP contribution in [0, 0.1) is 0 Å². The van der Waals surface area contributed by atoms with Crippen LogP contribution in [-0.2, 0) is 29.9 Å². The van der Waals surface area contributed by atoms with Crippen LogP contribution in [0.1, 0.15) is 41.5 Å². The number of thiophene rings is 1. The predicted octanol–water partition coefficient (Wildman–Crippen LogP) is 3.75. The molecule has 5 nitrogen and oxygen atoms in total. The standard InChI is InChI=1S/C20H25ClN2O3S/c1-13-10-20(18-15(6-9-26-20)16(12-24)19(21)27-18)7-8-23(13)11-14-4-3-5-17(22-14)25-2/h3-5,13,24H,6-12H2,1-2H3/t13-,20+/m0/s1. The summed E-state index contributed by atoms with van der Waals surface area (Å²) in [5, 5.41) is 9.71. The van der Waals surface area contributed by atoms with Gasteiger partial charge in [0.05, 0.1) is 30.4 Å². The number of piperidine rings is 1. The first kappa shape index (κ1) is 19.2. The molecule has 0 aromatic carbocycles. The van der Waals surface area contributed by atoms with Gasteiger partial charge in [-0.05, 0) is 37.8 Å². The zero-order valence-corrected chi connectivity index (χ0v) is 17.3. The number of fused-ring (bicyclic) bond motifs is 2. The van der Waals surface area contributed by atoms with Crippen molar-refractivity contribution in [1.29, 1.82) is 0 Å². The molecule has 7 heteroatoms. The van der Waals surface area contributed by atoms with Crippen molar-refractivity contribution in [3.05, 3.63) is 44.2 Å². The molecule has 0 unspecified atom stereocenters. The van der Waals surface area contributed by atoms with Crippen molar-refractivity contribution in [3.63, 3.8) is 0 Å². The first-order chi connectivity index (χ1) is 13.1. The van der Waals surface area contributed by atoms with Gasteiger partial charge in [0.2, 0.25) is 5.88 Å². The fourth-order valence-electron chi connectivity index (χ4n) is 4.37. The third-order valence-electron chi connectivity index (χ3n) is 5.78. The number of pyridine rings is 1. The number of rotatable bonds is 4. The highest BCUT2D eigenvalue weighted by Crippen LogP contribution is 2.49. The lowest BCUT2D eigenvalue weighted by atomic mass is 9.81. The summed E-state index contributed by atoms with van der Waals surface area (Å²) in [7, 11) is 1.64. The Balaban J connectivity index is 1.54. The van der Waals surface area contributed by atoms with Gasteiger partial charge in [-0.25, -0.2) is 4.98 Å². The minimum absolute atomic E-state index is 0.00390. The summed E-state index contributed by atoms with van der Waals surface area (Å²) in [5.41, 5.74) is 2.86. The number of ether oxygens (including phenoxy) is 2. The Kier molecular flexibility index (Phi) is 5.45. The van der Waals surface area contributed by atoms with Gasteiger partial charge in [0.15, 0.2) is 0 Å². The molecule has 0 saturated carbocycles. The van der Waals surface area contributed by atoms with Gasteiger partial charge >= 0.3 is 0 Å². The highest BCUT2D eigenvalue weighted by molar-refractivity contribution is 7.16. The molecule has 0 radical (unpaired) electrons. The van der Waals surface area contributed by atoms with Crippen LogP contribution in [0.25, 0.3) is 0 Å². The molecule has 2 aliphatic rings. The SMILES string of the molecule is COc1cccc(CN2CC[C@]3(C[C@@H]2C)OCCc2c3sc(Cl)c2CO)n1. The Morgan fingerprint density at radius 3 is 3.07 bits per heavy atom. The molecule has 0 amide bonds. The van der Waals surface area contributed by atoms with Crippen LogP contribution in [0.4, 0.5) is 0 Å². The lowest BCUT2D eigenvalue weighted by Gasteiger charge is -2.47. The van der Waals surface area contributed by atoms with Gasteiger partial charge in [-0.15, -0.1) is 11.3 Å². The van der Waals surface area contributed by atoms with Gasteiger partial charge in [-0.2, -0.15) is 0 Å². The van der Waals surface area contributed by atoms with E-state index in [2.05, 4.69) is 16.8 Å². The molecule has 4 rings (SSSR count). The summed E-state index contributed by atoms with van der Waals surface area (Å²) in [6.07, 6.45) is 2.68. The van der Waals surface area contributed by atoms with E-state index >= 15 is 0 Å². The molecular formula is C20H25ClN2O3S. The zero-order valence-electron chi connectivity index (χ0n) is 15.7. The molecule has 27 heavy (non-hydrogen) atoms. The van der Waals surface area contributed by atoms with Crippen LogP contribution in [0.5, 0.6) is 5.88 Å². The Labute approximate surface area is 168 Å². The van der Waals surface area contributed by atoms with Crippen LogP contribution < -0.4 is 4.74 Å². The summed E-state index contributed by atoms with van der Waals surface area (Å²) in [6, 6.07) is 6.25. The highest BCUT2D eigenvalue weighted by atomic mass is 35.5. The predicted molar refractivity (Wildman–Crippen MR) is 106 cm³/mol. The topological polar surface area (TPSA) is 54.8 Å². The van der Waals surface area contributed by atoms with E-state index in [4.69, 9.17) is 21.1 Å². The third kappa shape index (κ3) is 3.49. The maximum Gasteiger partial charge on any atom is 0.213 e. The van der Waals surface area contributed by atoms with Crippen molar-refractivity contribution < 1.29 is 14.6 Å². The van der Waals surface area contributed by atoms with E-state index in [1.807, 2.05) is 18.2 Å². The van der Waals surface area contributed by atoms with Gasteiger partial charge in [-0.1, -0.05) is 17.7 Å². The van der Waals surface area contributed by atoms with Crippen LogP contribution in [0.15, 0.2) is 18.2 Å². The highest BCUT2D eigenvalue weighted by Gasteiger charge is 2.45. The number of nitrogens with zero attached hydrogens (tertiary/aromatic N) is 2. The first-order valence-corrected chi connectivity index (χ1v) is 10.5. The Hall–Kier alpha value is -1.18. The molecule has 2 atom stereocenters. The molecule has 1 N–H and O–H groups in total. The van der Waals surface area contributed by atoms with Crippen LogP contribution in [0.3, 0.4) is 0 Å². The molecule has 1 saturated heterocycles. The largest absolute Gasteiger partial charge is 0.481 e. The van der Waals surface area contributed by atoms with E-state index in [1.165, 1.54) is 10.4 Å². The molecule has 2 aromatic heterocycles. The summed E-state index contributed by atoms with van der Waals surface area (Å²) < 4.78 is 12.3. The van der Waals surface area contributed by atoms with Gasteiger partial charge < -0.3 is 14.6 Å². The minimum Gasteiger partial charge on any atom is -0.481 e. The number of aliphatic hydroxyl groups excluding tert-OH is 1. The summed E-state index contributed by atoms with van der Waals surface area (Å²) in [5.74, 6) is 0.652. The fourth-order valence-corrected chi connectivity index (χ4v) is 6.04. The zero-order chi connectivity index (χ0) is 19.0. The number of halogens is 1. The van der Waals surface area contributed by atoms with Gasteiger partial charge in [0.1, 0.15) is 5.60 Å². The summed E-state index contributed by atoms with van der Waals surface area (Å²) in [4.78, 5) is 8.23. The van der Waals surface area contributed by atoms with Crippen molar-refractivity contribution in [2.75, 3.05) is 20.3 Å². The summed E-state index contributed by atoms with van der Waals surface area (Å²) >= 11 is 8.00. The van der Waals surface area contributed by atoms with Crippen molar-refractivity contribution >= 4 is 22.9 Å². The Bertz CT molecular complexity index is 828. The molecule has 0 bridgehead atoms.